The molecular formula is C12H8N3. The quantitative estimate of drug-likeness (QED) is 0.646. The second-order valence-corrected chi connectivity index (χ2v) is 3.31. The van der Waals surface area contributed by atoms with Gasteiger partial charge < -0.3 is 4.98 Å². The number of aromatic amines is 1. The van der Waals surface area contributed by atoms with Crippen LogP contribution in [0.4, 0.5) is 0 Å². The number of hydrogen-bond donors (Lipinski definition) is 1. The number of fused-ring (bicyclic) bond motifs is 1. The minimum absolute atomic E-state index is 0.820. The Hall–Kier alpha value is -2.16. The highest BCUT2D eigenvalue weighted by atomic mass is 14.9. The van der Waals surface area contributed by atoms with Crippen LogP contribution in [0.1, 0.15) is 0 Å². The van der Waals surface area contributed by atoms with Crippen LogP contribution in [0, 0.1) is 6.33 Å². The lowest BCUT2D eigenvalue weighted by Crippen LogP contribution is -1.83. The number of H-pyrrole nitrogens is 1. The number of nitrogens with one attached hydrogen (secondary N) is 1. The van der Waals surface area contributed by atoms with E-state index < -0.39 is 0 Å². The van der Waals surface area contributed by atoms with Gasteiger partial charge in [-0.15, -0.1) is 0 Å². The Morgan fingerprint density at radius 2 is 1.93 bits per heavy atom. The van der Waals surface area contributed by atoms with E-state index in [1.165, 1.54) is 5.39 Å². The Morgan fingerprint density at radius 3 is 2.73 bits per heavy atom. The van der Waals surface area contributed by atoms with Crippen molar-refractivity contribution in [3.63, 3.8) is 0 Å². The maximum atomic E-state index is 4.35. The zero-order chi connectivity index (χ0) is 10.1. The van der Waals surface area contributed by atoms with Crippen LogP contribution in [0.15, 0.2) is 42.7 Å². The number of hydrogen-bond acceptors (Lipinski definition) is 2. The summed E-state index contributed by atoms with van der Waals surface area (Å²) in [6.07, 6.45) is 6.31. The van der Waals surface area contributed by atoms with Gasteiger partial charge >= 0.3 is 0 Å². The molecule has 1 radical (unpaired) electrons. The van der Waals surface area contributed by atoms with Gasteiger partial charge in [-0.1, -0.05) is 24.3 Å². The lowest BCUT2D eigenvalue weighted by molar-refractivity contribution is 1.27. The van der Waals surface area contributed by atoms with Crippen molar-refractivity contribution < 1.29 is 0 Å². The van der Waals surface area contributed by atoms with Gasteiger partial charge in [0.1, 0.15) is 5.69 Å². The molecule has 15 heavy (non-hydrogen) atoms. The first-order valence-electron chi connectivity index (χ1n) is 4.70. The molecule has 1 N–H and O–H groups in total. The minimum atomic E-state index is 0.820. The van der Waals surface area contributed by atoms with E-state index >= 15 is 0 Å². The topological polar surface area (TPSA) is 41.6 Å². The van der Waals surface area contributed by atoms with Gasteiger partial charge in [0.15, 0.2) is 6.33 Å². The third-order valence-corrected chi connectivity index (χ3v) is 2.34. The lowest BCUT2D eigenvalue weighted by atomic mass is 10.1. The second kappa shape index (κ2) is 3.20. The van der Waals surface area contributed by atoms with E-state index in [4.69, 9.17) is 0 Å². The standard InChI is InChI=1S/C12H8N3/c1-2-4-10-6-14-11(5-9(10)3-1)12-7-13-8-15-12/h1-7H,(H,13,15). The van der Waals surface area contributed by atoms with E-state index in [2.05, 4.69) is 27.3 Å². The van der Waals surface area contributed by atoms with E-state index in [0.717, 1.165) is 16.8 Å². The summed E-state index contributed by atoms with van der Waals surface area (Å²) >= 11 is 0. The number of rotatable bonds is 1. The normalized spacial score (nSPS) is 10.7. The SMILES string of the molecule is [c]1nc(-c2cc3ccccc3cn2)c[nH]1. The van der Waals surface area contributed by atoms with Crippen molar-refractivity contribution >= 4 is 10.8 Å². The minimum Gasteiger partial charge on any atom is -0.341 e. The van der Waals surface area contributed by atoms with Crippen molar-refractivity contribution in [2.45, 2.75) is 0 Å². The third kappa shape index (κ3) is 1.38. The molecule has 2 heterocycles. The van der Waals surface area contributed by atoms with Crippen molar-refractivity contribution in [3.05, 3.63) is 49.1 Å². The highest BCUT2D eigenvalue weighted by Crippen LogP contribution is 2.19. The van der Waals surface area contributed by atoms with Gasteiger partial charge in [-0.25, -0.2) is 4.98 Å². The Balaban J connectivity index is 2.22. The second-order valence-electron chi connectivity index (χ2n) is 3.31. The summed E-state index contributed by atoms with van der Waals surface area (Å²) in [5.41, 5.74) is 1.69. The molecule has 0 saturated carbocycles. The summed E-state index contributed by atoms with van der Waals surface area (Å²) in [6.45, 7) is 0. The van der Waals surface area contributed by atoms with Crippen molar-refractivity contribution in [2.24, 2.45) is 0 Å². The molecule has 3 nitrogen and oxygen atoms in total. The summed E-state index contributed by atoms with van der Waals surface area (Å²) in [7, 11) is 0. The predicted octanol–water partition coefficient (Wildman–Crippen LogP) is 2.43. The van der Waals surface area contributed by atoms with E-state index in [1.54, 1.807) is 6.20 Å². The molecule has 71 valence electrons. The van der Waals surface area contributed by atoms with E-state index in [1.807, 2.05) is 30.5 Å². The van der Waals surface area contributed by atoms with Crippen LogP contribution in [0.25, 0.3) is 22.2 Å². The zero-order valence-electron chi connectivity index (χ0n) is 7.94. The molecular weight excluding hydrogens is 186 g/mol. The number of nitrogens with zero attached hydrogens (tertiary/aromatic N) is 2. The highest BCUT2D eigenvalue weighted by molar-refractivity contribution is 5.84. The molecule has 3 aromatic rings. The molecule has 1 aromatic carbocycles. The lowest BCUT2D eigenvalue weighted by Gasteiger charge is -1.99. The molecule has 0 aliphatic heterocycles. The molecule has 0 fully saturated rings. The van der Waals surface area contributed by atoms with Crippen LogP contribution in [0.2, 0.25) is 0 Å². The fourth-order valence-corrected chi connectivity index (χ4v) is 1.58. The first-order chi connectivity index (χ1) is 7.43. The molecule has 3 heteroatoms. The van der Waals surface area contributed by atoms with Crippen LogP contribution in [0.3, 0.4) is 0 Å². The van der Waals surface area contributed by atoms with Gasteiger partial charge in [-0.3, -0.25) is 4.98 Å². The van der Waals surface area contributed by atoms with Gasteiger partial charge in [0.05, 0.1) is 5.69 Å². The number of benzene rings is 1. The van der Waals surface area contributed by atoms with Crippen molar-refractivity contribution in [1.82, 2.24) is 15.0 Å². The van der Waals surface area contributed by atoms with E-state index in [0.29, 0.717) is 0 Å². The largest absolute Gasteiger partial charge is 0.341 e. The molecule has 0 amide bonds. The number of imidazole rings is 1. The summed E-state index contributed by atoms with van der Waals surface area (Å²) in [5, 5.41) is 2.31. The Kier molecular flexibility index (Phi) is 1.75. The van der Waals surface area contributed by atoms with Crippen molar-refractivity contribution in [3.8, 4) is 11.4 Å². The predicted molar refractivity (Wildman–Crippen MR) is 58.2 cm³/mol. The van der Waals surface area contributed by atoms with E-state index in [-0.39, 0.29) is 0 Å². The first-order valence-corrected chi connectivity index (χ1v) is 4.70. The monoisotopic (exact) mass is 194 g/mol. The highest BCUT2D eigenvalue weighted by Gasteiger charge is 2.01. The fourth-order valence-electron chi connectivity index (χ4n) is 1.58. The zero-order valence-corrected chi connectivity index (χ0v) is 7.94. The molecule has 3 rings (SSSR count). The Bertz CT molecular complexity index is 585. The fraction of sp³-hybridized carbons (Fsp3) is 0. The Morgan fingerprint density at radius 1 is 1.07 bits per heavy atom. The third-order valence-electron chi connectivity index (χ3n) is 2.34. The van der Waals surface area contributed by atoms with Crippen LogP contribution in [-0.2, 0) is 0 Å². The number of pyridine rings is 1. The van der Waals surface area contributed by atoms with Crippen molar-refractivity contribution in [1.29, 1.82) is 0 Å². The summed E-state index contributed by atoms with van der Waals surface area (Å²) in [6, 6.07) is 10.2. The number of aromatic nitrogens is 3. The average Bonchev–Trinajstić information content (AvgIpc) is 2.82. The molecule has 0 atom stereocenters. The maximum absolute atomic E-state index is 4.35. The van der Waals surface area contributed by atoms with Crippen molar-refractivity contribution in [2.75, 3.05) is 0 Å². The molecule has 0 saturated heterocycles. The molecule has 0 spiro atoms. The van der Waals surface area contributed by atoms with Gasteiger partial charge in [-0.05, 0) is 11.5 Å². The summed E-state index contributed by atoms with van der Waals surface area (Å²) < 4.78 is 0. The van der Waals surface area contributed by atoms with E-state index in [9.17, 15) is 0 Å². The molecule has 0 bridgehead atoms. The summed E-state index contributed by atoms with van der Waals surface area (Å²) in [5.74, 6) is 0. The van der Waals surface area contributed by atoms with Gasteiger partial charge in [0.25, 0.3) is 0 Å². The molecule has 0 aliphatic carbocycles. The van der Waals surface area contributed by atoms with Gasteiger partial charge in [0, 0.05) is 17.8 Å². The smallest absolute Gasteiger partial charge is 0.174 e. The average molecular weight is 194 g/mol. The first kappa shape index (κ1) is 8.17. The molecule has 0 unspecified atom stereocenters. The van der Waals surface area contributed by atoms with Crippen LogP contribution in [0.5, 0.6) is 0 Å². The maximum Gasteiger partial charge on any atom is 0.174 e. The van der Waals surface area contributed by atoms with Crippen LogP contribution >= 0.6 is 0 Å². The van der Waals surface area contributed by atoms with Gasteiger partial charge in [0.2, 0.25) is 0 Å². The Labute approximate surface area is 86.8 Å². The van der Waals surface area contributed by atoms with Crippen LogP contribution in [-0.4, -0.2) is 15.0 Å². The summed E-state index contributed by atoms with van der Waals surface area (Å²) in [4.78, 5) is 11.2. The van der Waals surface area contributed by atoms with Crippen LogP contribution < -0.4 is 0 Å². The molecule has 0 aliphatic rings. The molecule has 2 aromatic heterocycles. The van der Waals surface area contributed by atoms with Gasteiger partial charge in [-0.2, -0.15) is 0 Å².